The Morgan fingerprint density at radius 3 is 1.37 bits per heavy atom. The van der Waals surface area contributed by atoms with Crippen LogP contribution in [0.25, 0.3) is 109 Å². The number of esters is 1. The molecule has 0 bridgehead atoms. The van der Waals surface area contributed by atoms with Crippen LogP contribution in [0.2, 0.25) is 5.02 Å². The van der Waals surface area contributed by atoms with Gasteiger partial charge < -0.3 is 39.4 Å². The molecule has 660 valence electrons. The van der Waals surface area contributed by atoms with E-state index in [0.29, 0.717) is 5.56 Å². The summed E-state index contributed by atoms with van der Waals surface area (Å²) in [6.45, 7) is 57.6. The minimum atomic E-state index is -0.299. The predicted molar refractivity (Wildman–Crippen MR) is 534 cm³/mol. The first-order chi connectivity index (χ1) is 58.9. The first kappa shape index (κ1) is 94.5. The number of nitrogens with one attached hydrogen (secondary N) is 7. The number of benzene rings is 8. The molecule has 0 aliphatic heterocycles. The highest BCUT2D eigenvalue weighted by Crippen LogP contribution is 2.40. The Balaban J connectivity index is 0.000000141. The SMILES string of the molecule is CC(C)(C)c1ccc(Cl)c2[nH]ccc12.CC(C)(C)c1cccc2[nH]ccc12.CC(C)(C)c1cccc2[nH]ncc12.COC(=O)c1cc(C(C)(C)C)c2cc[nH]c2c1.COc1cc(C(C)(C)C)c2cc[nH]c2c1.Cc1[nH]c2cc(-c3cnn(C)c3)ccc2c1C(C)(C)C.Cc1ccc(C(C)(C)C)c2cc[nH]c12.Cn1cc(-c2cc3cccc(C(C)(C)C)c3cn2)cn1. The van der Waals surface area contributed by atoms with Crippen LogP contribution < -0.4 is 4.74 Å². The van der Waals surface area contributed by atoms with Crippen LogP contribution in [0.4, 0.5) is 0 Å². The number of pyridine rings is 1. The maximum absolute atomic E-state index is 11.6. The number of aryl methyl sites for hydroxylation is 4. The van der Waals surface area contributed by atoms with Crippen LogP contribution in [-0.2, 0) is 62.2 Å². The number of nitrogens with zero attached hydrogens (tertiary/aromatic N) is 6. The van der Waals surface area contributed by atoms with Crippen LogP contribution >= 0.6 is 11.6 Å². The number of aromatic nitrogens is 13. The highest BCUT2D eigenvalue weighted by molar-refractivity contribution is 6.35. The molecule has 0 atom stereocenters. The van der Waals surface area contributed by atoms with Crippen molar-refractivity contribution in [2.45, 2.75) is 223 Å². The van der Waals surface area contributed by atoms with Crippen molar-refractivity contribution in [2.24, 2.45) is 14.1 Å². The summed E-state index contributed by atoms with van der Waals surface area (Å²) in [6.07, 6.45) is 21.5. The lowest BCUT2D eigenvalue weighted by Crippen LogP contribution is -2.13. The van der Waals surface area contributed by atoms with Gasteiger partial charge in [0.15, 0.2) is 0 Å². The number of hydrogen-bond acceptors (Lipinski definition) is 7. The van der Waals surface area contributed by atoms with Crippen LogP contribution in [0.1, 0.15) is 232 Å². The van der Waals surface area contributed by atoms with Gasteiger partial charge in [-0.15, -0.1) is 0 Å². The van der Waals surface area contributed by atoms with Crippen molar-refractivity contribution in [3.8, 4) is 28.1 Å². The fraction of sp³-hybridized carbons (Fsp3) is 0.349. The largest absolute Gasteiger partial charge is 0.497 e. The summed E-state index contributed by atoms with van der Waals surface area (Å²) < 4.78 is 13.7. The summed E-state index contributed by atoms with van der Waals surface area (Å²) in [5.41, 5.74) is 27.4. The molecule has 10 heterocycles. The number of fused-ring (bicyclic) bond motifs is 8. The molecule has 17 heteroatoms. The van der Waals surface area contributed by atoms with Crippen LogP contribution in [0.3, 0.4) is 0 Å². The second-order valence-electron chi connectivity index (χ2n) is 41.3. The van der Waals surface area contributed by atoms with E-state index in [1.165, 1.54) is 123 Å². The number of methoxy groups -OCH3 is 2. The van der Waals surface area contributed by atoms with E-state index in [2.05, 4.69) is 363 Å². The second kappa shape index (κ2) is 37.6. The van der Waals surface area contributed by atoms with Crippen molar-refractivity contribution in [3.63, 3.8) is 0 Å². The molecule has 0 spiro atoms. The van der Waals surface area contributed by atoms with Crippen molar-refractivity contribution >= 4 is 105 Å². The van der Waals surface area contributed by atoms with E-state index < -0.39 is 0 Å². The average Bonchev–Trinajstić information content (AvgIpc) is 1.53. The maximum atomic E-state index is 11.6. The van der Waals surface area contributed by atoms with Crippen molar-refractivity contribution in [1.82, 2.24) is 64.6 Å². The van der Waals surface area contributed by atoms with Crippen LogP contribution in [0.5, 0.6) is 5.75 Å². The summed E-state index contributed by atoms with van der Waals surface area (Å²) in [5.74, 6) is 0.613. The highest BCUT2D eigenvalue weighted by Gasteiger charge is 2.27. The third-order valence-corrected chi connectivity index (χ3v) is 23.2. The summed E-state index contributed by atoms with van der Waals surface area (Å²) in [4.78, 5) is 35.8. The predicted octanol–water partition coefficient (Wildman–Crippen LogP) is 29.1. The van der Waals surface area contributed by atoms with Gasteiger partial charge in [0.25, 0.3) is 0 Å². The van der Waals surface area contributed by atoms with Crippen molar-refractivity contribution in [3.05, 3.63) is 292 Å². The zero-order chi connectivity index (χ0) is 92.1. The molecule has 7 N–H and O–H groups in total. The Labute approximate surface area is 750 Å². The summed E-state index contributed by atoms with van der Waals surface area (Å²) in [6, 6.07) is 54.9. The van der Waals surface area contributed by atoms with Crippen LogP contribution in [0, 0.1) is 13.8 Å². The summed E-state index contributed by atoms with van der Waals surface area (Å²) in [7, 11) is 6.97. The molecule has 126 heavy (non-hydrogen) atoms. The van der Waals surface area contributed by atoms with Gasteiger partial charge in [0, 0.05) is 157 Å². The molecule has 0 fully saturated rings. The monoisotopic (exact) mass is 1710 g/mol. The second-order valence-corrected chi connectivity index (χ2v) is 41.7. The maximum Gasteiger partial charge on any atom is 0.337 e. The Hall–Kier alpha value is -12.1. The number of hydrogen-bond donors (Lipinski definition) is 7. The lowest BCUT2D eigenvalue weighted by molar-refractivity contribution is 0.0600. The third-order valence-electron chi connectivity index (χ3n) is 22.8. The van der Waals surface area contributed by atoms with Gasteiger partial charge in [-0.3, -0.25) is 19.4 Å². The highest BCUT2D eigenvalue weighted by atomic mass is 35.5. The van der Waals surface area contributed by atoms with Gasteiger partial charge in [0.05, 0.1) is 60.1 Å². The molecule has 18 rings (SSSR count). The molecular weight excluding hydrogens is 1570 g/mol. The third kappa shape index (κ3) is 22.4. The summed E-state index contributed by atoms with van der Waals surface area (Å²) in [5, 5.41) is 27.6. The quantitative estimate of drug-likeness (QED) is 0.0848. The molecule has 0 amide bonds. The van der Waals surface area contributed by atoms with E-state index in [4.69, 9.17) is 21.1 Å². The zero-order valence-corrected chi connectivity index (χ0v) is 80.9. The van der Waals surface area contributed by atoms with Crippen LogP contribution in [-0.4, -0.2) is 84.8 Å². The van der Waals surface area contributed by atoms with E-state index in [-0.39, 0.29) is 49.3 Å². The van der Waals surface area contributed by atoms with E-state index in [9.17, 15) is 4.79 Å². The van der Waals surface area contributed by atoms with Gasteiger partial charge in [-0.1, -0.05) is 251 Å². The topological polar surface area (TPSA) is 207 Å². The van der Waals surface area contributed by atoms with Gasteiger partial charge >= 0.3 is 5.97 Å². The van der Waals surface area contributed by atoms with Gasteiger partial charge in [0.1, 0.15) is 5.75 Å². The Kier molecular flexibility index (Phi) is 28.2. The Bertz CT molecular complexity index is 6580. The Morgan fingerprint density at radius 2 is 0.833 bits per heavy atom. The molecule has 0 aliphatic rings. The van der Waals surface area contributed by atoms with Crippen molar-refractivity contribution < 1.29 is 14.3 Å². The van der Waals surface area contributed by atoms with Gasteiger partial charge in [-0.2, -0.15) is 15.3 Å². The van der Waals surface area contributed by atoms with Gasteiger partial charge in [-0.05, 0) is 197 Å². The summed E-state index contributed by atoms with van der Waals surface area (Å²) >= 11 is 6.09. The zero-order valence-electron chi connectivity index (χ0n) is 80.1. The molecule has 8 aromatic carbocycles. The number of halogens is 1. The Morgan fingerprint density at radius 1 is 0.373 bits per heavy atom. The molecule has 0 saturated carbocycles. The number of H-pyrrole nitrogens is 7. The van der Waals surface area contributed by atoms with Crippen LogP contribution in [0.15, 0.2) is 226 Å². The molecule has 0 unspecified atom stereocenters. The van der Waals surface area contributed by atoms with E-state index in [0.717, 1.165) is 60.6 Å². The van der Waals surface area contributed by atoms with Gasteiger partial charge in [0.2, 0.25) is 0 Å². The normalized spacial score (nSPS) is 12.1. The number of carbonyl (C=O) groups is 1. The number of ether oxygens (including phenoxy) is 2. The lowest BCUT2D eigenvalue weighted by Gasteiger charge is -2.21. The average molecular weight is 1710 g/mol. The van der Waals surface area contributed by atoms with E-state index in [1.54, 1.807) is 11.8 Å². The number of rotatable bonds is 4. The molecule has 16 nitrogen and oxygen atoms in total. The van der Waals surface area contributed by atoms with E-state index in [1.807, 2.05) is 117 Å². The minimum absolute atomic E-state index is 0.00945. The number of carbonyl (C=O) groups excluding carboxylic acids is 1. The molecular formula is C109H134ClN13O3. The van der Waals surface area contributed by atoms with Crippen molar-refractivity contribution in [1.29, 1.82) is 0 Å². The fourth-order valence-electron chi connectivity index (χ4n) is 16.6. The molecule has 0 radical (unpaired) electrons. The smallest absolute Gasteiger partial charge is 0.337 e. The molecule has 18 aromatic rings. The molecule has 0 aliphatic carbocycles. The molecule has 10 aromatic heterocycles. The minimum Gasteiger partial charge on any atom is -0.497 e. The van der Waals surface area contributed by atoms with Crippen molar-refractivity contribution in [2.75, 3.05) is 14.2 Å². The van der Waals surface area contributed by atoms with Gasteiger partial charge in [-0.25, -0.2) is 4.79 Å². The first-order valence-corrected chi connectivity index (χ1v) is 44.0. The van der Waals surface area contributed by atoms with E-state index >= 15 is 0 Å². The first-order valence-electron chi connectivity index (χ1n) is 43.6. The molecule has 0 saturated heterocycles. The lowest BCUT2D eigenvalue weighted by atomic mass is 9.84. The number of aromatic amines is 7. The standard InChI is InChI=1S/C17H21N3.C17H19N3.C14H17NO2.C13H17NO.C13H17N.C12H14ClN.C12H15N.C11H14N2/c1-11-16(17(2,3)4)14-7-6-12(8-15(14)19-11)13-9-18-20(5)10-13;1-17(2,3)15-7-5-6-12-8-16(18-10-14(12)15)13-9-19-20(4)11-13;1-14(2,3)11-7-9(13(16)17-4)8-12-10(11)5-6-15-12;1-13(2,3)11-7-9(15-4)8-12-10(11)5-6-14-12;1-9-5-6-11(13(2,3)4)10-7-8-14-12(9)10;1-12(2,3)9-4-5-10(13)11-8(9)6-7-14-11;1-12(2,3)10-5-4-6-11-9(10)7-8-13-11;1-11(2,3)9-5-4-6-10-8(9)7-12-13-10/h6-10,19H,1-5H3;5-11H,1-4H3;5-8,15H,1-4H3;5-8,14H,1-4H3;5-8,14H,1-4H3;4-7,14H,1-3H3;4-8,13H,1-3H3;4-7H,1-3H3,(H,12,13). The fourth-order valence-corrected chi connectivity index (χ4v) is 16.8.